The van der Waals surface area contributed by atoms with Crippen LogP contribution in [0.3, 0.4) is 0 Å². The van der Waals surface area contributed by atoms with Crippen LogP contribution in [0.15, 0.2) is 43.2 Å². The van der Waals surface area contributed by atoms with Crippen LogP contribution in [0.5, 0.6) is 0 Å². The zero-order valence-corrected chi connectivity index (χ0v) is 15.8. The molecule has 0 aliphatic carbocycles. The van der Waals surface area contributed by atoms with Crippen LogP contribution in [-0.4, -0.2) is 50.7 Å². The van der Waals surface area contributed by atoms with Gasteiger partial charge in [0.15, 0.2) is 5.82 Å². The largest absolute Gasteiger partial charge is 0.392 e. The molecule has 0 amide bonds. The van der Waals surface area contributed by atoms with E-state index < -0.39 is 6.10 Å². The van der Waals surface area contributed by atoms with Gasteiger partial charge in [0, 0.05) is 18.8 Å². The number of aromatic nitrogens is 8. The Kier molecular flexibility index (Phi) is 5.07. The molecule has 0 aromatic carbocycles. The van der Waals surface area contributed by atoms with Gasteiger partial charge in [-0.25, -0.2) is 19.3 Å². The Hall–Kier alpha value is -3.20. The molecular weight excluding hydrogens is 356 g/mol. The van der Waals surface area contributed by atoms with Gasteiger partial charge in [-0.05, 0) is 24.1 Å². The number of hydrogen-bond acceptors (Lipinski definition) is 7. The maximum atomic E-state index is 10.6. The molecule has 144 valence electrons. The van der Waals surface area contributed by atoms with Crippen LogP contribution in [0, 0.1) is 5.92 Å². The molecule has 0 aliphatic heterocycles. The molecule has 2 unspecified atom stereocenters. The van der Waals surface area contributed by atoms with Crippen molar-refractivity contribution in [2.45, 2.75) is 39.3 Å². The Morgan fingerprint density at radius 1 is 1.18 bits per heavy atom. The van der Waals surface area contributed by atoms with Crippen LogP contribution in [0.4, 0.5) is 0 Å². The van der Waals surface area contributed by atoms with Crippen molar-refractivity contribution in [1.82, 2.24) is 39.5 Å². The molecule has 0 saturated carbocycles. The highest BCUT2D eigenvalue weighted by Crippen LogP contribution is 2.21. The first-order valence-corrected chi connectivity index (χ1v) is 9.31. The summed E-state index contributed by atoms with van der Waals surface area (Å²) in [6.07, 6.45) is 7.34. The van der Waals surface area contributed by atoms with Gasteiger partial charge in [-0.3, -0.25) is 9.97 Å². The summed E-state index contributed by atoms with van der Waals surface area (Å²) in [5, 5.41) is 19.4. The highest BCUT2D eigenvalue weighted by Gasteiger charge is 2.20. The van der Waals surface area contributed by atoms with Gasteiger partial charge in [0.1, 0.15) is 30.5 Å². The van der Waals surface area contributed by atoms with Crippen molar-refractivity contribution in [3.63, 3.8) is 0 Å². The number of rotatable bonds is 7. The smallest absolute Gasteiger partial charge is 0.172 e. The zero-order valence-electron chi connectivity index (χ0n) is 15.8. The summed E-state index contributed by atoms with van der Waals surface area (Å²) in [7, 11) is 0. The first-order chi connectivity index (χ1) is 13.7. The van der Waals surface area contributed by atoms with Crippen molar-refractivity contribution < 1.29 is 5.11 Å². The Morgan fingerprint density at radius 2 is 2.07 bits per heavy atom. The molecule has 4 rings (SSSR count). The predicted octanol–water partition coefficient (Wildman–Crippen LogP) is 1.80. The molecule has 9 nitrogen and oxygen atoms in total. The van der Waals surface area contributed by atoms with Crippen molar-refractivity contribution >= 4 is 11.0 Å². The molecule has 0 saturated heterocycles. The van der Waals surface area contributed by atoms with Crippen LogP contribution in [0.2, 0.25) is 0 Å². The van der Waals surface area contributed by atoms with E-state index >= 15 is 0 Å². The molecule has 0 aliphatic rings. The lowest BCUT2D eigenvalue weighted by Gasteiger charge is -2.17. The van der Waals surface area contributed by atoms with Crippen LogP contribution >= 0.6 is 0 Å². The molecule has 9 heteroatoms. The van der Waals surface area contributed by atoms with E-state index in [1.165, 1.54) is 6.33 Å². The highest BCUT2D eigenvalue weighted by molar-refractivity contribution is 5.82. The molecule has 4 heterocycles. The van der Waals surface area contributed by atoms with Crippen molar-refractivity contribution in [2.24, 2.45) is 5.92 Å². The number of aliphatic hydroxyl groups excluding tert-OH is 1. The number of nitrogens with zero attached hydrogens (tertiary/aromatic N) is 8. The Balaban J connectivity index is 1.78. The summed E-state index contributed by atoms with van der Waals surface area (Å²) in [5.41, 5.74) is 2.30. The second-order valence-corrected chi connectivity index (χ2v) is 6.81. The van der Waals surface area contributed by atoms with E-state index in [1.54, 1.807) is 28.1 Å². The van der Waals surface area contributed by atoms with E-state index in [9.17, 15) is 5.11 Å². The fourth-order valence-electron chi connectivity index (χ4n) is 3.04. The topological polar surface area (TPSA) is 107 Å². The number of aliphatic hydroxyl groups is 1. The van der Waals surface area contributed by atoms with Crippen molar-refractivity contribution in [3.05, 3.63) is 54.9 Å². The first kappa shape index (κ1) is 18.2. The van der Waals surface area contributed by atoms with Gasteiger partial charge in [0.05, 0.1) is 17.3 Å². The average Bonchev–Trinajstić information content (AvgIpc) is 3.37. The summed E-state index contributed by atoms with van der Waals surface area (Å²) in [6.45, 7) is 4.50. The average molecular weight is 378 g/mol. The highest BCUT2D eigenvalue weighted by atomic mass is 16.3. The second-order valence-electron chi connectivity index (χ2n) is 6.81. The summed E-state index contributed by atoms with van der Waals surface area (Å²) >= 11 is 0. The van der Waals surface area contributed by atoms with Gasteiger partial charge in [-0.15, -0.1) is 5.10 Å². The number of hydrogen-bond donors (Lipinski definition) is 1. The lowest BCUT2D eigenvalue weighted by atomic mass is 9.99. The molecule has 1 N–H and O–H groups in total. The minimum absolute atomic E-state index is 0.163. The van der Waals surface area contributed by atoms with Gasteiger partial charge < -0.3 is 5.11 Å². The quantitative estimate of drug-likeness (QED) is 0.522. The normalized spacial score (nSPS) is 13.7. The standard InChI is InChI=1S/C19H22N8O/c1-3-13(2)16(28)9-18-24-17(10-26-12-20-11-23-26)25-27(18)15-6-8-21-14-5-4-7-22-19(14)15/h4-8,11-13,16,28H,3,9-10H2,1-2H3. The Labute approximate surface area is 162 Å². The molecular formula is C19H22N8O. The van der Waals surface area contributed by atoms with E-state index in [0.717, 1.165) is 23.1 Å². The molecule has 0 fully saturated rings. The second kappa shape index (κ2) is 7.81. The summed E-state index contributed by atoms with van der Waals surface area (Å²) < 4.78 is 3.42. The summed E-state index contributed by atoms with van der Waals surface area (Å²) in [4.78, 5) is 17.5. The third-order valence-electron chi connectivity index (χ3n) is 4.88. The molecule has 28 heavy (non-hydrogen) atoms. The first-order valence-electron chi connectivity index (χ1n) is 9.31. The lowest BCUT2D eigenvalue weighted by Crippen LogP contribution is -2.22. The van der Waals surface area contributed by atoms with Crippen molar-refractivity contribution in [3.8, 4) is 5.69 Å². The third-order valence-corrected chi connectivity index (χ3v) is 4.88. The van der Waals surface area contributed by atoms with Crippen LogP contribution < -0.4 is 0 Å². The van der Waals surface area contributed by atoms with Gasteiger partial charge in [-0.2, -0.15) is 5.10 Å². The van der Waals surface area contributed by atoms with E-state index in [1.807, 2.05) is 25.1 Å². The van der Waals surface area contributed by atoms with E-state index in [4.69, 9.17) is 0 Å². The minimum Gasteiger partial charge on any atom is -0.392 e. The lowest BCUT2D eigenvalue weighted by molar-refractivity contribution is 0.112. The molecule has 0 spiro atoms. The van der Waals surface area contributed by atoms with Crippen molar-refractivity contribution in [2.75, 3.05) is 0 Å². The fourth-order valence-corrected chi connectivity index (χ4v) is 3.04. The van der Waals surface area contributed by atoms with Gasteiger partial charge in [0.25, 0.3) is 0 Å². The molecule has 2 atom stereocenters. The van der Waals surface area contributed by atoms with Crippen LogP contribution in [0.25, 0.3) is 16.7 Å². The van der Waals surface area contributed by atoms with Crippen LogP contribution in [0.1, 0.15) is 31.9 Å². The number of pyridine rings is 2. The van der Waals surface area contributed by atoms with Crippen LogP contribution in [-0.2, 0) is 13.0 Å². The van der Waals surface area contributed by atoms with Gasteiger partial charge in [0.2, 0.25) is 0 Å². The molecule has 0 bridgehead atoms. The van der Waals surface area contributed by atoms with E-state index in [2.05, 4.69) is 37.1 Å². The summed E-state index contributed by atoms with van der Waals surface area (Å²) in [6, 6.07) is 5.62. The fraction of sp³-hybridized carbons (Fsp3) is 0.368. The maximum Gasteiger partial charge on any atom is 0.172 e. The van der Waals surface area contributed by atoms with Gasteiger partial charge >= 0.3 is 0 Å². The molecule has 0 radical (unpaired) electrons. The predicted molar refractivity (Wildman–Crippen MR) is 103 cm³/mol. The van der Waals surface area contributed by atoms with Crippen molar-refractivity contribution in [1.29, 1.82) is 0 Å². The summed E-state index contributed by atoms with van der Waals surface area (Å²) in [5.74, 6) is 1.44. The maximum absolute atomic E-state index is 10.6. The number of fused-ring (bicyclic) bond motifs is 1. The SMILES string of the molecule is CCC(C)C(O)Cc1nc(Cn2cncn2)nn1-c1ccnc2cccnc12. The van der Waals surface area contributed by atoms with E-state index in [-0.39, 0.29) is 5.92 Å². The minimum atomic E-state index is -0.506. The van der Waals surface area contributed by atoms with Gasteiger partial charge in [-0.1, -0.05) is 20.3 Å². The molecule has 4 aromatic heterocycles. The third kappa shape index (κ3) is 3.61. The monoisotopic (exact) mass is 378 g/mol. The van der Waals surface area contributed by atoms with E-state index in [0.29, 0.717) is 24.6 Å². The Bertz CT molecular complexity index is 1050. The Morgan fingerprint density at radius 3 is 2.86 bits per heavy atom. The molecule has 4 aromatic rings. The zero-order chi connectivity index (χ0) is 19.5.